The molecule has 0 aliphatic heterocycles. The van der Waals surface area contributed by atoms with Crippen molar-refractivity contribution in [3.8, 4) is 11.5 Å². The molecule has 22 heavy (non-hydrogen) atoms. The van der Waals surface area contributed by atoms with Gasteiger partial charge in [0.25, 0.3) is 0 Å². The lowest BCUT2D eigenvalue weighted by Gasteiger charge is -2.12. The standard InChI is InChI=1S/C18H24N2O2/c1-3-4-5-6-9-14-12-16(21)18(13-20(14)2)22-17-11-8-7-10-15(17)19/h7-8,10-13H,3-6,9,19H2,1-2H3. The minimum absolute atomic E-state index is 0.105. The van der Waals surface area contributed by atoms with E-state index in [9.17, 15) is 4.79 Å². The van der Waals surface area contributed by atoms with Crippen molar-refractivity contribution in [1.29, 1.82) is 0 Å². The summed E-state index contributed by atoms with van der Waals surface area (Å²) in [6.45, 7) is 2.19. The van der Waals surface area contributed by atoms with E-state index in [-0.39, 0.29) is 5.43 Å². The first-order chi connectivity index (χ1) is 10.6. The number of hydrogen-bond donors (Lipinski definition) is 1. The molecule has 0 atom stereocenters. The van der Waals surface area contributed by atoms with Gasteiger partial charge in [-0.1, -0.05) is 38.3 Å². The molecule has 0 amide bonds. The maximum atomic E-state index is 12.2. The maximum Gasteiger partial charge on any atom is 0.224 e. The van der Waals surface area contributed by atoms with Crippen LogP contribution in [0.1, 0.15) is 38.3 Å². The summed E-state index contributed by atoms with van der Waals surface area (Å²) in [5.41, 5.74) is 7.30. The minimum atomic E-state index is -0.105. The molecular weight excluding hydrogens is 276 g/mol. The van der Waals surface area contributed by atoms with Crippen LogP contribution in [0.25, 0.3) is 0 Å². The van der Waals surface area contributed by atoms with Crippen LogP contribution in [-0.4, -0.2) is 4.57 Å². The number of anilines is 1. The van der Waals surface area contributed by atoms with Crippen LogP contribution in [0.4, 0.5) is 5.69 Å². The molecule has 0 aliphatic rings. The molecule has 4 nitrogen and oxygen atoms in total. The Hall–Kier alpha value is -2.23. The van der Waals surface area contributed by atoms with E-state index in [0.29, 0.717) is 17.2 Å². The van der Waals surface area contributed by atoms with Gasteiger partial charge < -0.3 is 15.0 Å². The zero-order chi connectivity index (χ0) is 15.9. The van der Waals surface area contributed by atoms with Crippen molar-refractivity contribution in [2.45, 2.75) is 39.0 Å². The number of ether oxygens (including phenoxy) is 1. The fourth-order valence-corrected chi connectivity index (χ4v) is 2.40. The van der Waals surface area contributed by atoms with Crippen LogP contribution in [0.3, 0.4) is 0 Å². The molecule has 0 spiro atoms. The van der Waals surface area contributed by atoms with Crippen molar-refractivity contribution in [2.75, 3.05) is 5.73 Å². The number of pyridine rings is 1. The summed E-state index contributed by atoms with van der Waals surface area (Å²) in [7, 11) is 1.94. The van der Waals surface area contributed by atoms with Crippen molar-refractivity contribution in [3.05, 3.63) is 52.4 Å². The molecule has 1 aromatic carbocycles. The maximum absolute atomic E-state index is 12.2. The van der Waals surface area contributed by atoms with Gasteiger partial charge in [-0.05, 0) is 25.0 Å². The van der Waals surface area contributed by atoms with Gasteiger partial charge in [0.15, 0.2) is 11.5 Å². The Balaban J connectivity index is 2.13. The molecule has 0 aliphatic carbocycles. The Bertz CT molecular complexity index is 677. The highest BCUT2D eigenvalue weighted by molar-refractivity contribution is 5.53. The molecule has 1 aromatic heterocycles. The highest BCUT2D eigenvalue weighted by atomic mass is 16.5. The molecular formula is C18H24N2O2. The molecule has 118 valence electrons. The first-order valence-corrected chi connectivity index (χ1v) is 7.83. The molecule has 0 bridgehead atoms. The van der Waals surface area contributed by atoms with Gasteiger partial charge in [0, 0.05) is 18.8 Å². The lowest BCUT2D eigenvalue weighted by Crippen LogP contribution is -2.12. The molecule has 2 N–H and O–H groups in total. The van der Waals surface area contributed by atoms with E-state index < -0.39 is 0 Å². The third kappa shape index (κ3) is 4.13. The quantitative estimate of drug-likeness (QED) is 0.623. The zero-order valence-electron chi connectivity index (χ0n) is 13.3. The average Bonchev–Trinajstić information content (AvgIpc) is 2.50. The van der Waals surface area contributed by atoms with Crippen LogP contribution in [0, 0.1) is 0 Å². The number of aryl methyl sites for hydroxylation is 2. The number of hydrogen-bond acceptors (Lipinski definition) is 3. The van der Waals surface area contributed by atoms with Gasteiger partial charge in [-0.2, -0.15) is 0 Å². The Morgan fingerprint density at radius 1 is 1.14 bits per heavy atom. The Morgan fingerprint density at radius 3 is 2.64 bits per heavy atom. The predicted molar refractivity (Wildman–Crippen MR) is 90.5 cm³/mol. The van der Waals surface area contributed by atoms with Crippen LogP contribution in [0.5, 0.6) is 11.5 Å². The summed E-state index contributed by atoms with van der Waals surface area (Å²) < 4.78 is 7.62. The second-order valence-electron chi connectivity index (χ2n) is 5.55. The van der Waals surface area contributed by atoms with E-state index in [1.54, 1.807) is 24.4 Å². The number of nitrogen functional groups attached to an aromatic ring is 1. The first kappa shape index (κ1) is 16.1. The van der Waals surface area contributed by atoms with Crippen molar-refractivity contribution >= 4 is 5.69 Å². The van der Waals surface area contributed by atoms with Gasteiger partial charge in [0.2, 0.25) is 5.43 Å². The summed E-state index contributed by atoms with van der Waals surface area (Å²) in [5, 5.41) is 0. The Morgan fingerprint density at radius 2 is 1.91 bits per heavy atom. The SMILES string of the molecule is CCCCCCc1cc(=O)c(Oc2ccccc2N)cn1C. The smallest absolute Gasteiger partial charge is 0.224 e. The molecule has 0 fully saturated rings. The van der Waals surface area contributed by atoms with Gasteiger partial charge in [-0.3, -0.25) is 4.79 Å². The van der Waals surface area contributed by atoms with Gasteiger partial charge in [0.05, 0.1) is 11.9 Å². The van der Waals surface area contributed by atoms with E-state index in [1.807, 2.05) is 23.7 Å². The number of aromatic nitrogens is 1. The lowest BCUT2D eigenvalue weighted by atomic mass is 10.1. The minimum Gasteiger partial charge on any atom is -0.450 e. The van der Waals surface area contributed by atoms with Crippen molar-refractivity contribution in [1.82, 2.24) is 4.57 Å². The average molecular weight is 300 g/mol. The van der Waals surface area contributed by atoms with E-state index in [2.05, 4.69) is 6.92 Å². The van der Waals surface area contributed by atoms with E-state index >= 15 is 0 Å². The molecule has 2 rings (SSSR count). The number of nitrogens with two attached hydrogens (primary N) is 1. The van der Waals surface area contributed by atoms with Crippen LogP contribution < -0.4 is 15.9 Å². The molecule has 0 saturated carbocycles. The van der Waals surface area contributed by atoms with E-state index in [0.717, 1.165) is 18.5 Å². The normalized spacial score (nSPS) is 10.6. The van der Waals surface area contributed by atoms with Crippen LogP contribution in [0.2, 0.25) is 0 Å². The fraction of sp³-hybridized carbons (Fsp3) is 0.389. The van der Waals surface area contributed by atoms with Crippen LogP contribution >= 0.6 is 0 Å². The lowest BCUT2D eigenvalue weighted by molar-refractivity contribution is 0.472. The number of benzene rings is 1. The van der Waals surface area contributed by atoms with E-state index in [1.165, 1.54) is 19.3 Å². The van der Waals surface area contributed by atoms with Gasteiger partial charge >= 0.3 is 0 Å². The third-order valence-electron chi connectivity index (χ3n) is 3.73. The summed E-state index contributed by atoms with van der Waals surface area (Å²) in [4.78, 5) is 12.2. The number of unbranched alkanes of at least 4 members (excludes halogenated alkanes) is 3. The molecule has 0 radical (unpaired) electrons. The Labute approximate surface area is 131 Å². The van der Waals surface area contributed by atoms with Gasteiger partial charge in [-0.15, -0.1) is 0 Å². The topological polar surface area (TPSA) is 57.2 Å². The van der Waals surface area contributed by atoms with Gasteiger partial charge in [0.1, 0.15) is 0 Å². The molecule has 2 aromatic rings. The molecule has 0 saturated heterocycles. The molecule has 1 heterocycles. The van der Waals surface area contributed by atoms with Crippen molar-refractivity contribution in [2.24, 2.45) is 7.05 Å². The van der Waals surface area contributed by atoms with E-state index in [4.69, 9.17) is 10.5 Å². The summed E-state index contributed by atoms with van der Waals surface area (Å²) in [5.74, 6) is 0.813. The molecule has 0 unspecified atom stereocenters. The highest BCUT2D eigenvalue weighted by Gasteiger charge is 2.08. The van der Waals surface area contributed by atoms with Crippen LogP contribution in [-0.2, 0) is 13.5 Å². The number of para-hydroxylation sites is 2. The Kier molecular flexibility index (Phi) is 5.64. The summed E-state index contributed by atoms with van der Waals surface area (Å²) in [6, 6.07) is 8.84. The monoisotopic (exact) mass is 300 g/mol. The largest absolute Gasteiger partial charge is 0.450 e. The number of nitrogens with zero attached hydrogens (tertiary/aromatic N) is 1. The van der Waals surface area contributed by atoms with Crippen molar-refractivity contribution < 1.29 is 4.74 Å². The van der Waals surface area contributed by atoms with Crippen molar-refractivity contribution in [3.63, 3.8) is 0 Å². The fourth-order valence-electron chi connectivity index (χ4n) is 2.40. The predicted octanol–water partition coefficient (Wildman–Crippen LogP) is 3.88. The zero-order valence-corrected chi connectivity index (χ0v) is 13.3. The first-order valence-electron chi connectivity index (χ1n) is 7.83. The van der Waals surface area contributed by atoms with Gasteiger partial charge in [-0.25, -0.2) is 0 Å². The number of rotatable bonds is 7. The summed E-state index contributed by atoms with van der Waals surface area (Å²) >= 11 is 0. The highest BCUT2D eigenvalue weighted by Crippen LogP contribution is 2.25. The van der Waals surface area contributed by atoms with Crippen LogP contribution in [0.15, 0.2) is 41.3 Å². The second kappa shape index (κ2) is 7.69. The second-order valence-corrected chi connectivity index (χ2v) is 5.55. The molecule has 4 heteroatoms. The third-order valence-corrected chi connectivity index (χ3v) is 3.73. The summed E-state index contributed by atoms with van der Waals surface area (Å²) in [6.07, 6.45) is 7.41.